The van der Waals surface area contributed by atoms with E-state index in [-0.39, 0.29) is 5.97 Å². The third-order valence-electron chi connectivity index (χ3n) is 3.22. The maximum atomic E-state index is 11.7. The van der Waals surface area contributed by atoms with Gasteiger partial charge in [0.15, 0.2) is 0 Å². The first-order valence-corrected chi connectivity index (χ1v) is 5.78. The van der Waals surface area contributed by atoms with Crippen molar-refractivity contribution < 1.29 is 9.53 Å². The predicted molar refractivity (Wildman–Crippen MR) is 64.0 cm³/mol. The van der Waals surface area contributed by atoms with E-state index in [1.807, 2.05) is 6.07 Å². The summed E-state index contributed by atoms with van der Waals surface area (Å²) in [5.41, 5.74) is 1.11. The molecule has 0 saturated heterocycles. The Hall–Kier alpha value is -1.55. The summed E-state index contributed by atoms with van der Waals surface area (Å²) < 4.78 is 4.83. The number of benzene rings is 1. The Labute approximate surface area is 103 Å². The van der Waals surface area contributed by atoms with Crippen LogP contribution in [0.25, 0.3) is 11.0 Å². The molecule has 0 aliphatic heterocycles. The van der Waals surface area contributed by atoms with Crippen LogP contribution in [0.4, 0.5) is 0 Å². The molecule has 1 aliphatic carbocycles. The Bertz CT molecular complexity index is 602. The Kier molecular flexibility index (Phi) is 2.16. The number of aromatic amines is 1. The van der Waals surface area contributed by atoms with E-state index in [1.165, 1.54) is 7.11 Å². The highest BCUT2D eigenvalue weighted by Gasteiger charge is 2.55. The number of carbonyl (C=O) groups excluding carboxylic acids is 1. The van der Waals surface area contributed by atoms with E-state index in [9.17, 15) is 4.79 Å². The quantitative estimate of drug-likeness (QED) is 0.833. The molecule has 0 radical (unpaired) electrons. The van der Waals surface area contributed by atoms with Crippen LogP contribution in [0.3, 0.4) is 0 Å². The lowest BCUT2D eigenvalue weighted by Crippen LogP contribution is -2.23. The van der Waals surface area contributed by atoms with Gasteiger partial charge in [-0.05, 0) is 31.0 Å². The molecule has 0 spiro atoms. The van der Waals surface area contributed by atoms with Crippen molar-refractivity contribution in [2.45, 2.75) is 18.3 Å². The van der Waals surface area contributed by atoms with Crippen LogP contribution in [0, 0.1) is 0 Å². The molecule has 17 heavy (non-hydrogen) atoms. The van der Waals surface area contributed by atoms with Crippen LogP contribution in [-0.2, 0) is 14.9 Å². The second-order valence-electron chi connectivity index (χ2n) is 4.32. The van der Waals surface area contributed by atoms with Gasteiger partial charge in [-0.3, -0.25) is 4.79 Å². The predicted octanol–water partition coefficient (Wildman–Crippen LogP) is 2.42. The lowest BCUT2D eigenvalue weighted by atomic mass is 10.1. The number of methoxy groups -OCH3 is 1. The SMILES string of the molecule is COC(=O)C1(c2nc3ccc(Cl)cc3[nH]2)CC1. The molecule has 4 nitrogen and oxygen atoms in total. The normalized spacial score (nSPS) is 17.1. The van der Waals surface area contributed by atoms with Gasteiger partial charge >= 0.3 is 5.97 Å². The molecule has 1 N–H and O–H groups in total. The van der Waals surface area contributed by atoms with E-state index < -0.39 is 5.41 Å². The Morgan fingerprint density at radius 2 is 2.29 bits per heavy atom. The number of halogens is 1. The fourth-order valence-corrected chi connectivity index (χ4v) is 2.24. The van der Waals surface area contributed by atoms with E-state index in [4.69, 9.17) is 16.3 Å². The minimum Gasteiger partial charge on any atom is -0.468 e. The molecule has 88 valence electrons. The van der Waals surface area contributed by atoms with Crippen molar-refractivity contribution in [2.24, 2.45) is 0 Å². The summed E-state index contributed by atoms with van der Waals surface area (Å²) in [5.74, 6) is 0.462. The number of carbonyl (C=O) groups is 1. The largest absolute Gasteiger partial charge is 0.468 e. The zero-order valence-electron chi connectivity index (χ0n) is 9.29. The lowest BCUT2D eigenvalue weighted by molar-refractivity contribution is -0.143. The third kappa shape index (κ3) is 1.52. The van der Waals surface area contributed by atoms with Crippen molar-refractivity contribution >= 4 is 28.6 Å². The first-order valence-electron chi connectivity index (χ1n) is 5.40. The van der Waals surface area contributed by atoms with Crippen LogP contribution in [-0.4, -0.2) is 23.0 Å². The summed E-state index contributed by atoms with van der Waals surface area (Å²) in [7, 11) is 1.40. The highest BCUT2D eigenvalue weighted by molar-refractivity contribution is 6.31. The summed E-state index contributed by atoms with van der Waals surface area (Å²) >= 11 is 5.91. The van der Waals surface area contributed by atoms with Crippen molar-refractivity contribution in [1.29, 1.82) is 0 Å². The van der Waals surface area contributed by atoms with Crippen molar-refractivity contribution in [3.05, 3.63) is 29.0 Å². The summed E-state index contributed by atoms with van der Waals surface area (Å²) in [6, 6.07) is 5.43. The molecule has 1 aromatic carbocycles. The van der Waals surface area contributed by atoms with Crippen LogP contribution in [0.15, 0.2) is 18.2 Å². The van der Waals surface area contributed by atoms with Gasteiger partial charge in [-0.2, -0.15) is 0 Å². The minimum absolute atomic E-state index is 0.220. The highest BCUT2D eigenvalue weighted by Crippen LogP contribution is 2.48. The number of ether oxygens (including phenoxy) is 1. The standard InChI is InChI=1S/C12H11ClN2O2/c1-17-11(16)12(4-5-12)10-14-8-3-2-7(13)6-9(8)15-10/h2-3,6H,4-5H2,1H3,(H,14,15). The second-order valence-corrected chi connectivity index (χ2v) is 4.76. The molecule has 0 atom stereocenters. The first kappa shape index (κ1) is 10.6. The average molecular weight is 251 g/mol. The molecule has 1 aromatic heterocycles. The average Bonchev–Trinajstić information content (AvgIpc) is 3.03. The van der Waals surface area contributed by atoms with Gasteiger partial charge in [0.2, 0.25) is 0 Å². The smallest absolute Gasteiger partial charge is 0.319 e. The van der Waals surface area contributed by atoms with Gasteiger partial charge in [0.25, 0.3) is 0 Å². The van der Waals surface area contributed by atoms with E-state index in [0.29, 0.717) is 10.8 Å². The molecule has 1 heterocycles. The van der Waals surface area contributed by atoms with Gasteiger partial charge in [0.05, 0.1) is 18.1 Å². The first-order chi connectivity index (χ1) is 8.15. The number of rotatable bonds is 2. The molecule has 1 fully saturated rings. The van der Waals surface area contributed by atoms with Gasteiger partial charge in [-0.25, -0.2) is 4.98 Å². The lowest BCUT2D eigenvalue weighted by Gasteiger charge is -2.08. The number of esters is 1. The molecular weight excluding hydrogens is 240 g/mol. The summed E-state index contributed by atoms with van der Waals surface area (Å²) in [5, 5.41) is 0.649. The monoisotopic (exact) mass is 250 g/mol. The second kappa shape index (κ2) is 3.47. The van der Waals surface area contributed by atoms with Gasteiger partial charge in [-0.15, -0.1) is 0 Å². The Morgan fingerprint density at radius 3 is 2.94 bits per heavy atom. The maximum absolute atomic E-state index is 11.7. The zero-order chi connectivity index (χ0) is 12.0. The molecule has 0 unspecified atom stereocenters. The van der Waals surface area contributed by atoms with Crippen LogP contribution in [0.5, 0.6) is 0 Å². The summed E-state index contributed by atoms with van der Waals surface area (Å²) in [6.07, 6.45) is 1.57. The number of aromatic nitrogens is 2. The number of hydrogen-bond donors (Lipinski definition) is 1. The number of imidazole rings is 1. The van der Waals surface area contributed by atoms with Gasteiger partial charge in [0, 0.05) is 5.02 Å². The Morgan fingerprint density at radius 1 is 1.53 bits per heavy atom. The Balaban J connectivity index is 2.10. The van der Waals surface area contributed by atoms with E-state index in [2.05, 4.69) is 9.97 Å². The van der Waals surface area contributed by atoms with Gasteiger partial charge in [0.1, 0.15) is 11.2 Å². The molecule has 3 rings (SSSR count). The fraction of sp³-hybridized carbons (Fsp3) is 0.333. The molecule has 0 amide bonds. The van der Waals surface area contributed by atoms with E-state index >= 15 is 0 Å². The molecule has 0 bridgehead atoms. The van der Waals surface area contributed by atoms with Crippen molar-refractivity contribution in [1.82, 2.24) is 9.97 Å². The highest BCUT2D eigenvalue weighted by atomic mass is 35.5. The van der Waals surface area contributed by atoms with Gasteiger partial charge < -0.3 is 9.72 Å². The van der Waals surface area contributed by atoms with Crippen LogP contribution < -0.4 is 0 Å². The van der Waals surface area contributed by atoms with Crippen molar-refractivity contribution in [3.63, 3.8) is 0 Å². The summed E-state index contributed by atoms with van der Waals surface area (Å²) in [6.45, 7) is 0. The number of nitrogens with one attached hydrogen (secondary N) is 1. The minimum atomic E-state index is -0.555. The van der Waals surface area contributed by atoms with Crippen LogP contribution in [0.1, 0.15) is 18.7 Å². The van der Waals surface area contributed by atoms with Crippen LogP contribution >= 0.6 is 11.6 Å². The zero-order valence-corrected chi connectivity index (χ0v) is 10.0. The van der Waals surface area contributed by atoms with E-state index in [1.54, 1.807) is 12.1 Å². The fourth-order valence-electron chi connectivity index (χ4n) is 2.07. The van der Waals surface area contributed by atoms with E-state index in [0.717, 1.165) is 23.9 Å². The molecule has 5 heteroatoms. The van der Waals surface area contributed by atoms with Crippen molar-refractivity contribution in [2.75, 3.05) is 7.11 Å². The van der Waals surface area contributed by atoms with Crippen LogP contribution in [0.2, 0.25) is 5.02 Å². The third-order valence-corrected chi connectivity index (χ3v) is 3.46. The number of H-pyrrole nitrogens is 1. The van der Waals surface area contributed by atoms with Crippen molar-refractivity contribution in [3.8, 4) is 0 Å². The molecule has 2 aromatic rings. The topological polar surface area (TPSA) is 55.0 Å². The molecule has 1 saturated carbocycles. The summed E-state index contributed by atoms with van der Waals surface area (Å²) in [4.78, 5) is 19.3. The van der Waals surface area contributed by atoms with Gasteiger partial charge in [-0.1, -0.05) is 11.6 Å². The number of nitrogens with zero attached hydrogens (tertiary/aromatic N) is 1. The number of fused-ring (bicyclic) bond motifs is 1. The molecular formula is C12H11ClN2O2. The maximum Gasteiger partial charge on any atom is 0.319 e. The molecule has 1 aliphatic rings. The number of hydrogen-bond acceptors (Lipinski definition) is 3.